The first-order chi connectivity index (χ1) is 11.5. The zero-order valence-electron chi connectivity index (χ0n) is 12.9. The van der Waals surface area contributed by atoms with Crippen molar-refractivity contribution < 1.29 is 13.6 Å². The molecule has 7 heteroatoms. The monoisotopic (exact) mass is 412 g/mol. The fraction of sp³-hybridized carbons (Fsp3) is 0.235. The maximum absolute atomic E-state index is 14.0. The highest BCUT2D eigenvalue weighted by molar-refractivity contribution is 9.11. The number of aromatic nitrogens is 1. The van der Waals surface area contributed by atoms with Crippen molar-refractivity contribution in [1.82, 2.24) is 9.88 Å². The van der Waals surface area contributed by atoms with Crippen LogP contribution in [0.25, 0.3) is 10.2 Å². The van der Waals surface area contributed by atoms with Gasteiger partial charge in [0.15, 0.2) is 0 Å². The lowest BCUT2D eigenvalue weighted by Gasteiger charge is -2.11. The number of benzene rings is 1. The van der Waals surface area contributed by atoms with Crippen LogP contribution in [0.5, 0.6) is 0 Å². The summed E-state index contributed by atoms with van der Waals surface area (Å²) in [7, 11) is 0. The molecule has 0 aliphatic rings. The summed E-state index contributed by atoms with van der Waals surface area (Å²) in [6, 6.07) is 7.19. The molecule has 0 spiro atoms. The molecule has 126 valence electrons. The molecule has 1 N–H and O–H groups in total. The van der Waals surface area contributed by atoms with E-state index in [-0.39, 0.29) is 12.5 Å². The lowest BCUT2D eigenvalue weighted by molar-refractivity contribution is 0.0945. The number of thiophene rings is 1. The number of hydrogen-bond donors (Lipinski definition) is 1. The number of amides is 1. The van der Waals surface area contributed by atoms with Crippen LogP contribution in [0.1, 0.15) is 29.4 Å². The number of hydrogen-bond acceptors (Lipinski definition) is 2. The molecule has 1 amide bonds. The molecule has 0 fully saturated rings. The normalized spacial score (nSPS) is 11.2. The van der Waals surface area contributed by atoms with Gasteiger partial charge in [-0.15, -0.1) is 11.3 Å². The molecular formula is C17H15BrF2N2OS. The molecule has 1 aromatic carbocycles. The molecule has 3 aromatic rings. The molecule has 3 nitrogen and oxygen atoms in total. The van der Waals surface area contributed by atoms with Crippen molar-refractivity contribution in [2.24, 2.45) is 0 Å². The third kappa shape index (κ3) is 3.37. The van der Waals surface area contributed by atoms with Crippen LogP contribution in [-0.4, -0.2) is 17.0 Å². The average molecular weight is 413 g/mol. The van der Waals surface area contributed by atoms with Gasteiger partial charge in [-0.05, 0) is 40.5 Å². The lowest BCUT2D eigenvalue weighted by atomic mass is 10.2. The van der Waals surface area contributed by atoms with Crippen molar-refractivity contribution in [3.8, 4) is 0 Å². The van der Waals surface area contributed by atoms with Crippen LogP contribution in [-0.2, 0) is 6.54 Å². The minimum absolute atomic E-state index is 0.160. The second-order valence-electron chi connectivity index (χ2n) is 5.41. The Balaban J connectivity index is 2.04. The smallest absolute Gasteiger partial charge is 0.267 e. The number of nitrogens with one attached hydrogen (secondary N) is 1. The van der Waals surface area contributed by atoms with Crippen molar-refractivity contribution in [1.29, 1.82) is 0 Å². The second-order valence-corrected chi connectivity index (χ2v) is 7.87. The minimum atomic E-state index is -0.619. The van der Waals surface area contributed by atoms with Gasteiger partial charge in [-0.2, -0.15) is 0 Å². The zero-order valence-corrected chi connectivity index (χ0v) is 15.3. The van der Waals surface area contributed by atoms with Crippen molar-refractivity contribution >= 4 is 43.4 Å². The summed E-state index contributed by atoms with van der Waals surface area (Å²) in [6.45, 7) is 2.71. The molecule has 0 atom stereocenters. The van der Waals surface area contributed by atoms with Crippen molar-refractivity contribution in [3.05, 3.63) is 57.0 Å². The number of carbonyl (C=O) groups is 1. The fourth-order valence-electron chi connectivity index (χ4n) is 2.52. The van der Waals surface area contributed by atoms with Gasteiger partial charge < -0.3 is 9.88 Å². The van der Waals surface area contributed by atoms with E-state index < -0.39 is 11.6 Å². The van der Waals surface area contributed by atoms with Crippen molar-refractivity contribution in [2.75, 3.05) is 6.54 Å². The first-order valence-corrected chi connectivity index (χ1v) is 9.11. The summed E-state index contributed by atoms with van der Waals surface area (Å²) in [4.78, 5) is 12.4. The van der Waals surface area contributed by atoms with Crippen LogP contribution in [0.3, 0.4) is 0 Å². The van der Waals surface area contributed by atoms with E-state index in [1.165, 1.54) is 23.5 Å². The van der Waals surface area contributed by atoms with E-state index in [9.17, 15) is 13.6 Å². The molecule has 0 aliphatic carbocycles. The Bertz CT molecular complexity index is 904. The Kier molecular flexibility index (Phi) is 5.01. The Labute approximate surface area is 150 Å². The van der Waals surface area contributed by atoms with Crippen molar-refractivity contribution in [2.45, 2.75) is 19.9 Å². The second kappa shape index (κ2) is 7.03. The largest absolute Gasteiger partial charge is 0.351 e. The maximum atomic E-state index is 14.0. The standard InChI is InChI=1S/C17H15BrF2N2OS/c1-2-5-21-17(23)14-7-15-13(8-16(18)24-15)22(14)9-10-3-4-11(19)6-12(10)20/h3-4,6-8H,2,5,9H2,1H3,(H,21,23). The molecule has 0 saturated carbocycles. The van der Waals surface area contributed by atoms with E-state index in [1.54, 1.807) is 10.6 Å². The van der Waals surface area contributed by atoms with Crippen molar-refractivity contribution in [3.63, 3.8) is 0 Å². The molecular weight excluding hydrogens is 398 g/mol. The molecule has 0 radical (unpaired) electrons. The van der Waals surface area contributed by atoms with Crippen LogP contribution >= 0.6 is 27.3 Å². The van der Waals surface area contributed by atoms with Crippen LogP contribution in [0.4, 0.5) is 8.78 Å². The van der Waals surface area contributed by atoms with E-state index >= 15 is 0 Å². The summed E-state index contributed by atoms with van der Waals surface area (Å²) < 4.78 is 30.8. The molecule has 0 saturated heterocycles. The van der Waals surface area contributed by atoms with Gasteiger partial charge in [0, 0.05) is 18.2 Å². The van der Waals surface area contributed by atoms with Crippen LogP contribution in [0.15, 0.2) is 34.1 Å². The van der Waals surface area contributed by atoms with Crippen LogP contribution in [0, 0.1) is 11.6 Å². The van der Waals surface area contributed by atoms with E-state index in [1.807, 2.05) is 13.0 Å². The average Bonchev–Trinajstić information content (AvgIpc) is 3.04. The number of fused-ring (bicyclic) bond motifs is 1. The highest BCUT2D eigenvalue weighted by Crippen LogP contribution is 2.33. The van der Waals surface area contributed by atoms with Gasteiger partial charge in [-0.25, -0.2) is 8.78 Å². The highest BCUT2D eigenvalue weighted by Gasteiger charge is 2.18. The molecule has 2 aromatic heterocycles. The van der Waals surface area contributed by atoms with Gasteiger partial charge in [-0.1, -0.05) is 13.0 Å². The first kappa shape index (κ1) is 17.1. The van der Waals surface area contributed by atoms with E-state index in [2.05, 4.69) is 21.2 Å². The molecule has 24 heavy (non-hydrogen) atoms. The highest BCUT2D eigenvalue weighted by atomic mass is 79.9. The third-order valence-electron chi connectivity index (χ3n) is 3.67. The van der Waals surface area contributed by atoms with E-state index in [0.29, 0.717) is 17.8 Å². The summed E-state index contributed by atoms with van der Waals surface area (Å²) in [5.74, 6) is -1.43. The fourth-order valence-corrected chi connectivity index (χ4v) is 4.08. The van der Waals surface area contributed by atoms with Gasteiger partial charge in [0.25, 0.3) is 5.91 Å². The zero-order chi connectivity index (χ0) is 17.3. The summed E-state index contributed by atoms with van der Waals surface area (Å²) >= 11 is 4.94. The molecule has 0 bridgehead atoms. The Morgan fingerprint density at radius 3 is 2.79 bits per heavy atom. The Hall–Kier alpha value is -1.73. The quantitative estimate of drug-likeness (QED) is 0.632. The molecule has 0 unspecified atom stereocenters. The lowest BCUT2D eigenvalue weighted by Crippen LogP contribution is -2.26. The van der Waals surface area contributed by atoms with Gasteiger partial charge in [-0.3, -0.25) is 4.79 Å². The minimum Gasteiger partial charge on any atom is -0.351 e. The van der Waals surface area contributed by atoms with Crippen LogP contribution < -0.4 is 5.32 Å². The van der Waals surface area contributed by atoms with E-state index in [4.69, 9.17) is 0 Å². The van der Waals surface area contributed by atoms with Gasteiger partial charge in [0.1, 0.15) is 17.3 Å². The Morgan fingerprint density at radius 2 is 2.08 bits per heavy atom. The summed E-state index contributed by atoms with van der Waals surface area (Å²) in [6.07, 6.45) is 0.832. The van der Waals surface area contributed by atoms with Crippen LogP contribution in [0.2, 0.25) is 0 Å². The Morgan fingerprint density at radius 1 is 1.29 bits per heavy atom. The maximum Gasteiger partial charge on any atom is 0.267 e. The molecule has 3 rings (SSSR count). The predicted molar refractivity (Wildman–Crippen MR) is 95.6 cm³/mol. The van der Waals surface area contributed by atoms with E-state index in [0.717, 1.165) is 26.5 Å². The summed E-state index contributed by atoms with van der Waals surface area (Å²) in [5, 5.41) is 2.84. The topological polar surface area (TPSA) is 34.0 Å². The SMILES string of the molecule is CCCNC(=O)c1cc2sc(Br)cc2n1Cc1ccc(F)cc1F. The third-order valence-corrected chi connectivity index (χ3v) is 5.25. The molecule has 0 aliphatic heterocycles. The predicted octanol–water partition coefficient (Wildman–Crippen LogP) is 4.93. The molecule has 2 heterocycles. The number of rotatable bonds is 5. The first-order valence-electron chi connectivity index (χ1n) is 7.50. The van der Waals surface area contributed by atoms with Gasteiger partial charge in [0.2, 0.25) is 0 Å². The number of carbonyl (C=O) groups excluding carboxylic acids is 1. The van der Waals surface area contributed by atoms with Gasteiger partial charge >= 0.3 is 0 Å². The number of nitrogens with zero attached hydrogens (tertiary/aromatic N) is 1. The van der Waals surface area contributed by atoms with Gasteiger partial charge in [0.05, 0.1) is 20.5 Å². The number of halogens is 3. The summed E-state index contributed by atoms with van der Waals surface area (Å²) in [5.41, 5.74) is 1.65.